The van der Waals surface area contributed by atoms with Crippen LogP contribution in [0.15, 0.2) is 23.3 Å². The molecule has 74 valence electrons. The third-order valence-electron chi connectivity index (χ3n) is 2.77. The lowest BCUT2D eigenvalue weighted by Crippen LogP contribution is -2.17. The molecule has 0 aliphatic carbocycles. The molecule has 1 heterocycles. The highest BCUT2D eigenvalue weighted by molar-refractivity contribution is 5.57. The highest BCUT2D eigenvalue weighted by Gasteiger charge is 2.12. The molecule has 0 spiro atoms. The van der Waals surface area contributed by atoms with Crippen molar-refractivity contribution < 1.29 is 0 Å². The number of benzene rings is 1. The number of anilines is 1. The Bertz CT molecular complexity index is 340. The van der Waals surface area contributed by atoms with Crippen LogP contribution in [0, 0.1) is 12.5 Å². The van der Waals surface area contributed by atoms with E-state index in [4.69, 9.17) is 5.53 Å². The molecule has 1 N–H and O–H groups in total. The minimum Gasteiger partial charge on any atom is -0.372 e. The zero-order valence-corrected chi connectivity index (χ0v) is 8.45. The maximum Gasteiger partial charge on any atom is 0.0880 e. The van der Waals surface area contributed by atoms with Crippen molar-refractivity contribution >= 4 is 11.4 Å². The summed E-state index contributed by atoms with van der Waals surface area (Å²) in [6.07, 6.45) is 2.59. The SMILES string of the molecule is Cc1cc(N2CCCC2)ccc1N=N. The van der Waals surface area contributed by atoms with E-state index in [2.05, 4.69) is 22.1 Å². The minimum absolute atomic E-state index is 0.771. The van der Waals surface area contributed by atoms with Crippen molar-refractivity contribution in [1.29, 1.82) is 5.53 Å². The Morgan fingerprint density at radius 3 is 2.57 bits per heavy atom. The van der Waals surface area contributed by atoms with Crippen molar-refractivity contribution in [2.45, 2.75) is 19.8 Å². The van der Waals surface area contributed by atoms with Crippen molar-refractivity contribution in [3.05, 3.63) is 23.8 Å². The van der Waals surface area contributed by atoms with Gasteiger partial charge in [-0.2, -0.15) is 5.11 Å². The maximum absolute atomic E-state index is 6.98. The average Bonchev–Trinajstić information content (AvgIpc) is 2.70. The van der Waals surface area contributed by atoms with E-state index in [1.165, 1.54) is 18.5 Å². The number of aryl methyl sites for hydroxylation is 1. The fourth-order valence-corrected chi connectivity index (χ4v) is 1.94. The molecule has 0 amide bonds. The molecule has 1 fully saturated rings. The van der Waals surface area contributed by atoms with Crippen LogP contribution in [-0.2, 0) is 0 Å². The third-order valence-corrected chi connectivity index (χ3v) is 2.77. The first-order valence-corrected chi connectivity index (χ1v) is 5.04. The van der Waals surface area contributed by atoms with Gasteiger partial charge in [0, 0.05) is 18.8 Å². The first-order valence-electron chi connectivity index (χ1n) is 5.04. The van der Waals surface area contributed by atoms with Gasteiger partial charge in [0.15, 0.2) is 0 Å². The second kappa shape index (κ2) is 3.78. The summed E-state index contributed by atoms with van der Waals surface area (Å²) in [6.45, 7) is 4.33. The van der Waals surface area contributed by atoms with E-state index < -0.39 is 0 Å². The van der Waals surface area contributed by atoms with Gasteiger partial charge in [0.2, 0.25) is 0 Å². The zero-order chi connectivity index (χ0) is 9.97. The van der Waals surface area contributed by atoms with E-state index >= 15 is 0 Å². The van der Waals surface area contributed by atoms with Crippen LogP contribution in [0.3, 0.4) is 0 Å². The summed E-state index contributed by atoms with van der Waals surface area (Å²) in [5, 5.41) is 3.47. The summed E-state index contributed by atoms with van der Waals surface area (Å²) in [7, 11) is 0. The van der Waals surface area contributed by atoms with Crippen molar-refractivity contribution in [3.63, 3.8) is 0 Å². The second-order valence-corrected chi connectivity index (χ2v) is 3.78. The standard InChI is InChI=1S/C11H15N3/c1-9-8-10(4-5-11(9)13-12)14-6-2-3-7-14/h4-5,8,12H,2-3,6-7H2,1H3. The quantitative estimate of drug-likeness (QED) is 0.712. The second-order valence-electron chi connectivity index (χ2n) is 3.78. The van der Waals surface area contributed by atoms with E-state index in [0.717, 1.165) is 24.3 Å². The summed E-state index contributed by atoms with van der Waals surface area (Å²) in [5.41, 5.74) is 10.1. The predicted molar refractivity (Wildman–Crippen MR) is 57.4 cm³/mol. The van der Waals surface area contributed by atoms with Gasteiger partial charge in [-0.25, -0.2) is 5.53 Å². The van der Waals surface area contributed by atoms with Crippen LogP contribution in [0.2, 0.25) is 0 Å². The first kappa shape index (κ1) is 9.19. The van der Waals surface area contributed by atoms with Gasteiger partial charge in [-0.3, -0.25) is 0 Å². The van der Waals surface area contributed by atoms with E-state index in [-0.39, 0.29) is 0 Å². The van der Waals surface area contributed by atoms with Crippen LogP contribution in [0.1, 0.15) is 18.4 Å². The Morgan fingerprint density at radius 1 is 1.29 bits per heavy atom. The summed E-state index contributed by atoms with van der Waals surface area (Å²) in [5.74, 6) is 0. The molecule has 0 bridgehead atoms. The van der Waals surface area contributed by atoms with Crippen LogP contribution < -0.4 is 4.90 Å². The van der Waals surface area contributed by atoms with Crippen LogP contribution >= 0.6 is 0 Å². The summed E-state index contributed by atoms with van der Waals surface area (Å²) in [6, 6.07) is 6.11. The molecule has 0 saturated carbocycles. The van der Waals surface area contributed by atoms with Crippen LogP contribution in [0.25, 0.3) is 0 Å². The number of nitrogens with one attached hydrogen (secondary N) is 1. The molecule has 3 heteroatoms. The van der Waals surface area contributed by atoms with Crippen LogP contribution in [0.4, 0.5) is 11.4 Å². The van der Waals surface area contributed by atoms with Gasteiger partial charge < -0.3 is 4.90 Å². The van der Waals surface area contributed by atoms with E-state index in [1.807, 2.05) is 13.0 Å². The fraction of sp³-hybridized carbons (Fsp3) is 0.455. The van der Waals surface area contributed by atoms with Crippen LogP contribution in [-0.4, -0.2) is 13.1 Å². The van der Waals surface area contributed by atoms with Crippen molar-refractivity contribution in [1.82, 2.24) is 0 Å². The third kappa shape index (κ3) is 1.62. The Labute approximate surface area is 84.2 Å². The highest BCUT2D eigenvalue weighted by Crippen LogP contribution is 2.26. The molecule has 1 aromatic carbocycles. The molecule has 3 nitrogen and oxygen atoms in total. The van der Waals surface area contributed by atoms with E-state index in [1.54, 1.807) is 0 Å². The highest BCUT2D eigenvalue weighted by atomic mass is 15.1. The van der Waals surface area contributed by atoms with Gasteiger partial charge in [0.05, 0.1) is 5.69 Å². The van der Waals surface area contributed by atoms with Gasteiger partial charge in [-0.1, -0.05) is 0 Å². The van der Waals surface area contributed by atoms with Crippen LogP contribution in [0.5, 0.6) is 0 Å². The lowest BCUT2D eigenvalue weighted by atomic mass is 10.2. The lowest BCUT2D eigenvalue weighted by Gasteiger charge is -2.18. The normalized spacial score (nSPS) is 15.9. The number of hydrogen-bond acceptors (Lipinski definition) is 3. The molecule has 1 aliphatic heterocycles. The van der Waals surface area contributed by atoms with Gasteiger partial charge in [0.25, 0.3) is 0 Å². The Morgan fingerprint density at radius 2 is 2.00 bits per heavy atom. The predicted octanol–water partition coefficient (Wildman–Crippen LogP) is 3.26. The smallest absolute Gasteiger partial charge is 0.0880 e. The molecule has 0 radical (unpaired) electrons. The Hall–Kier alpha value is -1.38. The molecule has 0 atom stereocenters. The van der Waals surface area contributed by atoms with Gasteiger partial charge >= 0.3 is 0 Å². The molecular formula is C11H15N3. The number of rotatable bonds is 2. The minimum atomic E-state index is 0.771. The average molecular weight is 189 g/mol. The molecule has 0 aromatic heterocycles. The molecule has 2 rings (SSSR count). The van der Waals surface area contributed by atoms with E-state index in [0.29, 0.717) is 0 Å². The van der Waals surface area contributed by atoms with E-state index in [9.17, 15) is 0 Å². The monoisotopic (exact) mass is 189 g/mol. The maximum atomic E-state index is 6.98. The Kier molecular flexibility index (Phi) is 2.48. The molecule has 1 aliphatic rings. The number of hydrogen-bond donors (Lipinski definition) is 1. The molecule has 1 saturated heterocycles. The molecule has 0 unspecified atom stereocenters. The summed E-state index contributed by atoms with van der Waals surface area (Å²) < 4.78 is 0. The van der Waals surface area contributed by atoms with Gasteiger partial charge in [-0.15, -0.1) is 0 Å². The van der Waals surface area contributed by atoms with Gasteiger partial charge in [-0.05, 0) is 43.5 Å². The molecule has 14 heavy (non-hydrogen) atoms. The van der Waals surface area contributed by atoms with Crippen molar-refractivity contribution in [2.24, 2.45) is 5.11 Å². The van der Waals surface area contributed by atoms with Crippen molar-refractivity contribution in [3.8, 4) is 0 Å². The zero-order valence-electron chi connectivity index (χ0n) is 8.45. The lowest BCUT2D eigenvalue weighted by molar-refractivity contribution is 0.949. The summed E-state index contributed by atoms with van der Waals surface area (Å²) >= 11 is 0. The first-order chi connectivity index (χ1) is 6.81. The molecular weight excluding hydrogens is 174 g/mol. The Balaban J connectivity index is 2.27. The topological polar surface area (TPSA) is 39.5 Å². The van der Waals surface area contributed by atoms with Gasteiger partial charge in [0.1, 0.15) is 0 Å². The largest absolute Gasteiger partial charge is 0.372 e. The van der Waals surface area contributed by atoms with Crippen molar-refractivity contribution in [2.75, 3.05) is 18.0 Å². The molecule has 1 aromatic rings. The number of nitrogens with zero attached hydrogens (tertiary/aromatic N) is 2. The summed E-state index contributed by atoms with van der Waals surface area (Å²) in [4.78, 5) is 2.39. The fourth-order valence-electron chi connectivity index (χ4n) is 1.94.